The summed E-state index contributed by atoms with van der Waals surface area (Å²) in [5, 5.41) is 0. The zero-order chi connectivity index (χ0) is 16.5. The van der Waals surface area contributed by atoms with Crippen LogP contribution < -0.4 is 14.2 Å². The summed E-state index contributed by atoms with van der Waals surface area (Å²) in [4.78, 5) is 4.44. The number of benzene rings is 2. The molecule has 0 aromatic heterocycles. The first-order chi connectivity index (χ1) is 11.3. The molecule has 4 heteroatoms. The number of terminal acetylenes is 1. The summed E-state index contributed by atoms with van der Waals surface area (Å²) in [6.45, 7) is 2.81. The minimum absolute atomic E-state index is 0.204. The van der Waals surface area contributed by atoms with Crippen LogP contribution in [0.3, 0.4) is 0 Å². The second-order valence-electron chi connectivity index (χ2n) is 4.59. The molecule has 0 radical (unpaired) electrons. The lowest BCUT2D eigenvalue weighted by Crippen LogP contribution is -1.97. The van der Waals surface area contributed by atoms with Crippen LogP contribution in [0.2, 0.25) is 0 Å². The minimum Gasteiger partial charge on any atom is -0.494 e. The number of nitrogens with zero attached hydrogens (tertiary/aromatic N) is 1. The molecule has 0 saturated heterocycles. The first-order valence-electron chi connectivity index (χ1n) is 7.28. The van der Waals surface area contributed by atoms with Gasteiger partial charge in [0.05, 0.1) is 19.4 Å². The molecule has 0 N–H and O–H groups in total. The fourth-order valence-electron chi connectivity index (χ4n) is 1.95. The first-order valence-corrected chi connectivity index (χ1v) is 7.28. The normalized spacial score (nSPS) is 10.3. The monoisotopic (exact) mass is 309 g/mol. The molecule has 0 aliphatic heterocycles. The molecule has 23 heavy (non-hydrogen) atoms. The zero-order valence-electron chi connectivity index (χ0n) is 13.3. The number of hydrogen-bond acceptors (Lipinski definition) is 4. The lowest BCUT2D eigenvalue weighted by Gasteiger charge is -2.09. The highest BCUT2D eigenvalue weighted by atomic mass is 16.5. The van der Waals surface area contributed by atoms with Crippen LogP contribution in [0.1, 0.15) is 12.5 Å². The predicted molar refractivity (Wildman–Crippen MR) is 92.2 cm³/mol. The molecule has 0 atom stereocenters. The molecule has 0 amide bonds. The van der Waals surface area contributed by atoms with Crippen LogP contribution in [0.4, 0.5) is 5.69 Å². The van der Waals surface area contributed by atoms with Gasteiger partial charge in [-0.1, -0.05) is 5.92 Å². The maximum absolute atomic E-state index is 5.41. The van der Waals surface area contributed by atoms with Gasteiger partial charge in [0.1, 0.15) is 12.4 Å². The van der Waals surface area contributed by atoms with Gasteiger partial charge >= 0.3 is 0 Å². The summed E-state index contributed by atoms with van der Waals surface area (Å²) >= 11 is 0. The molecule has 0 unspecified atom stereocenters. The second kappa shape index (κ2) is 8.50. The molecule has 2 aromatic rings. The Hall–Kier alpha value is -2.93. The van der Waals surface area contributed by atoms with Crippen molar-refractivity contribution in [3.63, 3.8) is 0 Å². The number of methoxy groups -OCH3 is 1. The Morgan fingerprint density at radius 3 is 2.52 bits per heavy atom. The number of rotatable bonds is 7. The maximum atomic E-state index is 5.41. The Morgan fingerprint density at radius 1 is 1.09 bits per heavy atom. The van der Waals surface area contributed by atoms with Gasteiger partial charge in [-0.25, -0.2) is 0 Å². The molecule has 0 fully saturated rings. The third-order valence-corrected chi connectivity index (χ3v) is 3.01. The first kappa shape index (κ1) is 16.4. The van der Waals surface area contributed by atoms with Crippen molar-refractivity contribution in [3.05, 3.63) is 48.0 Å². The van der Waals surface area contributed by atoms with E-state index in [1.54, 1.807) is 13.3 Å². The maximum Gasteiger partial charge on any atom is 0.162 e. The van der Waals surface area contributed by atoms with Crippen molar-refractivity contribution in [2.75, 3.05) is 20.3 Å². The molecule has 0 saturated carbocycles. The van der Waals surface area contributed by atoms with Crippen LogP contribution in [0.25, 0.3) is 0 Å². The molecule has 0 bridgehead atoms. The zero-order valence-corrected chi connectivity index (χ0v) is 13.3. The van der Waals surface area contributed by atoms with Crippen LogP contribution >= 0.6 is 0 Å². The summed E-state index contributed by atoms with van der Waals surface area (Å²) in [5.41, 5.74) is 1.75. The summed E-state index contributed by atoms with van der Waals surface area (Å²) < 4.78 is 16.1. The molecule has 0 aliphatic carbocycles. The van der Waals surface area contributed by atoms with Gasteiger partial charge in [-0.3, -0.25) is 4.99 Å². The fourth-order valence-corrected chi connectivity index (χ4v) is 1.95. The van der Waals surface area contributed by atoms with Crippen molar-refractivity contribution in [3.8, 4) is 29.6 Å². The average Bonchev–Trinajstić information content (AvgIpc) is 2.60. The average molecular weight is 309 g/mol. The van der Waals surface area contributed by atoms with E-state index in [0.717, 1.165) is 17.0 Å². The SMILES string of the molecule is C#CCOc1ccc(C=Nc2ccc(OCC)cc2)cc1OC. The van der Waals surface area contributed by atoms with Gasteiger partial charge in [-0.15, -0.1) is 6.42 Å². The van der Waals surface area contributed by atoms with Crippen LogP contribution in [-0.4, -0.2) is 26.5 Å². The molecule has 2 rings (SSSR count). The standard InChI is InChI=1S/C19H19NO3/c1-4-12-23-18-11-6-15(13-19(18)21-3)14-20-16-7-9-17(10-8-16)22-5-2/h1,6-11,13-14H,5,12H2,2-3H3. The van der Waals surface area contributed by atoms with Crippen molar-refractivity contribution in [2.24, 2.45) is 4.99 Å². The molecular formula is C19H19NO3. The topological polar surface area (TPSA) is 40.0 Å². The molecular weight excluding hydrogens is 290 g/mol. The largest absolute Gasteiger partial charge is 0.494 e. The summed E-state index contributed by atoms with van der Waals surface area (Å²) in [5.74, 6) is 4.50. The second-order valence-corrected chi connectivity index (χ2v) is 4.59. The van der Waals surface area contributed by atoms with E-state index in [1.807, 2.05) is 49.4 Å². The quantitative estimate of drug-likeness (QED) is 0.576. The van der Waals surface area contributed by atoms with Gasteiger partial charge in [-0.2, -0.15) is 0 Å². The lowest BCUT2D eigenvalue weighted by atomic mass is 10.2. The highest BCUT2D eigenvalue weighted by molar-refractivity contribution is 5.83. The summed E-state index contributed by atoms with van der Waals surface area (Å²) in [7, 11) is 1.59. The van der Waals surface area contributed by atoms with Gasteiger partial charge < -0.3 is 14.2 Å². The molecule has 0 aliphatic rings. The van der Waals surface area contributed by atoms with Crippen LogP contribution in [-0.2, 0) is 0 Å². The van der Waals surface area contributed by atoms with E-state index in [9.17, 15) is 0 Å². The number of aliphatic imine (C=N–C) groups is 1. The number of hydrogen-bond donors (Lipinski definition) is 0. The third kappa shape index (κ3) is 4.79. The van der Waals surface area contributed by atoms with E-state index in [4.69, 9.17) is 20.6 Å². The summed E-state index contributed by atoms with van der Waals surface area (Å²) in [6.07, 6.45) is 6.96. The van der Waals surface area contributed by atoms with Crippen LogP contribution in [0, 0.1) is 12.3 Å². The van der Waals surface area contributed by atoms with Gasteiger partial charge in [-0.05, 0) is 55.0 Å². The van der Waals surface area contributed by atoms with E-state index in [0.29, 0.717) is 18.1 Å². The lowest BCUT2D eigenvalue weighted by molar-refractivity contribution is 0.331. The highest BCUT2D eigenvalue weighted by Gasteiger charge is 2.04. The highest BCUT2D eigenvalue weighted by Crippen LogP contribution is 2.27. The van der Waals surface area contributed by atoms with Gasteiger partial charge in [0, 0.05) is 6.21 Å². The molecule has 4 nitrogen and oxygen atoms in total. The van der Waals surface area contributed by atoms with E-state index < -0.39 is 0 Å². The Labute approximate surface area is 136 Å². The minimum atomic E-state index is 0.204. The Balaban J connectivity index is 2.11. The molecule has 0 spiro atoms. The van der Waals surface area contributed by atoms with E-state index in [2.05, 4.69) is 10.9 Å². The van der Waals surface area contributed by atoms with Crippen LogP contribution in [0.5, 0.6) is 17.2 Å². The van der Waals surface area contributed by atoms with Gasteiger partial charge in [0.25, 0.3) is 0 Å². The molecule has 2 aromatic carbocycles. The van der Waals surface area contributed by atoms with Crippen molar-refractivity contribution in [2.45, 2.75) is 6.92 Å². The summed E-state index contributed by atoms with van der Waals surface area (Å²) in [6, 6.07) is 13.2. The van der Waals surface area contributed by atoms with Crippen molar-refractivity contribution in [1.82, 2.24) is 0 Å². The molecule has 118 valence electrons. The van der Waals surface area contributed by atoms with Gasteiger partial charge in [0.2, 0.25) is 0 Å². The fraction of sp³-hybridized carbons (Fsp3) is 0.211. The Kier molecular flexibility index (Phi) is 6.07. The number of ether oxygens (including phenoxy) is 3. The van der Waals surface area contributed by atoms with Crippen molar-refractivity contribution < 1.29 is 14.2 Å². The van der Waals surface area contributed by atoms with E-state index >= 15 is 0 Å². The smallest absolute Gasteiger partial charge is 0.162 e. The van der Waals surface area contributed by atoms with Gasteiger partial charge in [0.15, 0.2) is 11.5 Å². The van der Waals surface area contributed by atoms with E-state index in [1.165, 1.54) is 0 Å². The molecule has 0 heterocycles. The van der Waals surface area contributed by atoms with Crippen molar-refractivity contribution >= 4 is 11.9 Å². The van der Waals surface area contributed by atoms with Crippen molar-refractivity contribution in [1.29, 1.82) is 0 Å². The Bertz CT molecular complexity index is 700. The van der Waals surface area contributed by atoms with Crippen LogP contribution in [0.15, 0.2) is 47.5 Å². The third-order valence-electron chi connectivity index (χ3n) is 3.01. The Morgan fingerprint density at radius 2 is 1.87 bits per heavy atom. The van der Waals surface area contributed by atoms with E-state index in [-0.39, 0.29) is 6.61 Å². The predicted octanol–water partition coefficient (Wildman–Crippen LogP) is 3.86.